The van der Waals surface area contributed by atoms with Crippen molar-refractivity contribution in [2.75, 3.05) is 41.3 Å². The van der Waals surface area contributed by atoms with Crippen molar-refractivity contribution in [1.82, 2.24) is 19.9 Å². The molecule has 29 heavy (non-hydrogen) atoms. The highest BCUT2D eigenvalue weighted by atomic mass is 16.5. The zero-order chi connectivity index (χ0) is 20.1. The molecule has 0 bridgehead atoms. The smallest absolute Gasteiger partial charge is 0.229 e. The minimum Gasteiger partial charge on any atom is -0.491 e. The highest BCUT2D eigenvalue weighted by Gasteiger charge is 2.20. The van der Waals surface area contributed by atoms with Gasteiger partial charge in [0.05, 0.1) is 6.10 Å². The molecule has 1 saturated heterocycles. The Morgan fingerprint density at radius 2 is 1.55 bits per heavy atom. The van der Waals surface area contributed by atoms with E-state index >= 15 is 0 Å². The number of hydrogen-bond donors (Lipinski definition) is 1. The summed E-state index contributed by atoms with van der Waals surface area (Å²) in [5, 5.41) is 3.26. The molecule has 150 valence electrons. The maximum Gasteiger partial charge on any atom is 0.229 e. The highest BCUT2D eigenvalue weighted by molar-refractivity contribution is 5.56. The maximum absolute atomic E-state index is 5.68. The molecule has 0 amide bonds. The fourth-order valence-electron chi connectivity index (χ4n) is 3.19. The van der Waals surface area contributed by atoms with Crippen molar-refractivity contribution in [3.05, 3.63) is 55.0 Å². The van der Waals surface area contributed by atoms with Crippen LogP contribution in [0.5, 0.6) is 5.75 Å². The molecule has 0 spiro atoms. The SMILES string of the molecule is CC(C)Oc1ccc(Nc2nccc(N3CCN(c4ncccn4)CC3)n2)cc1. The molecule has 3 heterocycles. The van der Waals surface area contributed by atoms with Gasteiger partial charge in [-0.2, -0.15) is 4.98 Å². The maximum atomic E-state index is 5.68. The van der Waals surface area contributed by atoms with Crippen molar-refractivity contribution in [3.63, 3.8) is 0 Å². The normalized spacial score (nSPS) is 14.2. The lowest BCUT2D eigenvalue weighted by Gasteiger charge is -2.35. The van der Waals surface area contributed by atoms with Crippen LogP contribution in [0.3, 0.4) is 0 Å². The Labute approximate surface area is 170 Å². The predicted octanol–water partition coefficient (Wildman–Crippen LogP) is 3.12. The second kappa shape index (κ2) is 8.72. The Bertz CT molecular complexity index is 910. The summed E-state index contributed by atoms with van der Waals surface area (Å²) in [6.07, 6.45) is 5.49. The van der Waals surface area contributed by atoms with Gasteiger partial charge in [0.1, 0.15) is 11.6 Å². The summed E-state index contributed by atoms with van der Waals surface area (Å²) < 4.78 is 5.68. The van der Waals surface area contributed by atoms with Crippen LogP contribution in [0.15, 0.2) is 55.0 Å². The molecule has 8 heteroatoms. The molecule has 2 aromatic heterocycles. The lowest BCUT2D eigenvalue weighted by molar-refractivity contribution is 0.242. The van der Waals surface area contributed by atoms with Crippen molar-refractivity contribution < 1.29 is 4.74 Å². The average Bonchev–Trinajstić information content (AvgIpc) is 2.76. The Hall–Kier alpha value is -3.42. The third-order valence-corrected chi connectivity index (χ3v) is 4.56. The fraction of sp³-hybridized carbons (Fsp3) is 0.333. The average molecular weight is 391 g/mol. The number of hydrogen-bond acceptors (Lipinski definition) is 8. The topological polar surface area (TPSA) is 79.3 Å². The van der Waals surface area contributed by atoms with Crippen LogP contribution in [-0.4, -0.2) is 52.2 Å². The Morgan fingerprint density at radius 1 is 0.862 bits per heavy atom. The van der Waals surface area contributed by atoms with E-state index in [1.807, 2.05) is 50.2 Å². The lowest BCUT2D eigenvalue weighted by Crippen LogP contribution is -2.47. The molecule has 0 atom stereocenters. The zero-order valence-electron chi connectivity index (χ0n) is 16.7. The Kier molecular flexibility index (Phi) is 5.69. The Balaban J connectivity index is 1.38. The van der Waals surface area contributed by atoms with Crippen LogP contribution in [-0.2, 0) is 0 Å². The molecule has 0 aliphatic carbocycles. The number of piperazine rings is 1. The van der Waals surface area contributed by atoms with Crippen LogP contribution in [0.2, 0.25) is 0 Å². The van der Waals surface area contributed by atoms with Gasteiger partial charge in [0.15, 0.2) is 0 Å². The van der Waals surface area contributed by atoms with E-state index in [9.17, 15) is 0 Å². The first-order chi connectivity index (χ1) is 14.2. The standard InChI is InChI=1S/C21H25N7O/c1-16(2)29-18-6-4-17(5-7-18)25-20-22-11-8-19(26-20)27-12-14-28(15-13-27)21-23-9-3-10-24-21/h3-11,16H,12-15H2,1-2H3,(H,22,25,26). The molecule has 0 radical (unpaired) electrons. The van der Waals surface area contributed by atoms with Gasteiger partial charge in [-0.25, -0.2) is 15.0 Å². The van der Waals surface area contributed by atoms with E-state index in [1.165, 1.54) is 0 Å². The van der Waals surface area contributed by atoms with Crippen molar-refractivity contribution in [2.24, 2.45) is 0 Å². The summed E-state index contributed by atoms with van der Waals surface area (Å²) in [4.78, 5) is 22.2. The van der Waals surface area contributed by atoms with Gasteiger partial charge >= 0.3 is 0 Å². The highest BCUT2D eigenvalue weighted by Crippen LogP contribution is 2.21. The summed E-state index contributed by atoms with van der Waals surface area (Å²) in [6, 6.07) is 11.6. The van der Waals surface area contributed by atoms with E-state index in [1.54, 1.807) is 18.6 Å². The Morgan fingerprint density at radius 3 is 2.24 bits per heavy atom. The molecule has 8 nitrogen and oxygen atoms in total. The molecular formula is C21H25N7O. The number of nitrogens with one attached hydrogen (secondary N) is 1. The quantitative estimate of drug-likeness (QED) is 0.687. The van der Waals surface area contributed by atoms with Gasteiger partial charge in [0.25, 0.3) is 0 Å². The summed E-state index contributed by atoms with van der Waals surface area (Å²) in [5.74, 6) is 3.12. The number of anilines is 4. The molecule has 1 aromatic carbocycles. The zero-order valence-corrected chi connectivity index (χ0v) is 16.7. The number of benzene rings is 1. The largest absolute Gasteiger partial charge is 0.491 e. The molecule has 0 saturated carbocycles. The van der Waals surface area contributed by atoms with Crippen molar-refractivity contribution >= 4 is 23.4 Å². The lowest BCUT2D eigenvalue weighted by atomic mass is 10.3. The molecular weight excluding hydrogens is 366 g/mol. The van der Waals surface area contributed by atoms with E-state index < -0.39 is 0 Å². The van der Waals surface area contributed by atoms with Crippen LogP contribution in [0, 0.1) is 0 Å². The van der Waals surface area contributed by atoms with E-state index in [-0.39, 0.29) is 6.10 Å². The molecule has 1 fully saturated rings. The van der Waals surface area contributed by atoms with Crippen LogP contribution in [0.25, 0.3) is 0 Å². The summed E-state index contributed by atoms with van der Waals surface area (Å²) >= 11 is 0. The summed E-state index contributed by atoms with van der Waals surface area (Å²) in [5.41, 5.74) is 0.921. The van der Waals surface area contributed by atoms with Crippen LogP contribution in [0.1, 0.15) is 13.8 Å². The molecule has 1 aliphatic rings. The first-order valence-corrected chi connectivity index (χ1v) is 9.81. The molecule has 4 rings (SSSR count). The number of ether oxygens (including phenoxy) is 1. The number of rotatable bonds is 6. The van der Waals surface area contributed by atoms with Gasteiger partial charge in [0, 0.05) is 50.5 Å². The second-order valence-corrected chi connectivity index (χ2v) is 7.08. The molecule has 1 N–H and O–H groups in total. The predicted molar refractivity (Wildman–Crippen MR) is 114 cm³/mol. The van der Waals surface area contributed by atoms with Gasteiger partial charge in [-0.15, -0.1) is 0 Å². The van der Waals surface area contributed by atoms with Gasteiger partial charge in [-0.05, 0) is 50.2 Å². The van der Waals surface area contributed by atoms with Crippen molar-refractivity contribution in [2.45, 2.75) is 20.0 Å². The van der Waals surface area contributed by atoms with Crippen molar-refractivity contribution in [3.8, 4) is 5.75 Å². The first-order valence-electron chi connectivity index (χ1n) is 9.81. The van der Waals surface area contributed by atoms with Gasteiger partial charge < -0.3 is 19.9 Å². The minimum absolute atomic E-state index is 0.155. The first kappa shape index (κ1) is 18.9. The van der Waals surface area contributed by atoms with E-state index in [0.29, 0.717) is 5.95 Å². The number of aromatic nitrogens is 4. The van der Waals surface area contributed by atoms with Crippen molar-refractivity contribution in [1.29, 1.82) is 0 Å². The van der Waals surface area contributed by atoms with Gasteiger partial charge in [-0.3, -0.25) is 0 Å². The van der Waals surface area contributed by atoms with E-state index in [0.717, 1.165) is 49.4 Å². The third-order valence-electron chi connectivity index (χ3n) is 4.56. The van der Waals surface area contributed by atoms with Crippen LogP contribution >= 0.6 is 0 Å². The second-order valence-electron chi connectivity index (χ2n) is 7.08. The summed E-state index contributed by atoms with van der Waals surface area (Å²) in [7, 11) is 0. The van der Waals surface area contributed by atoms with Crippen LogP contribution in [0.4, 0.5) is 23.4 Å². The third kappa shape index (κ3) is 4.90. The van der Waals surface area contributed by atoms with E-state index in [4.69, 9.17) is 4.74 Å². The molecule has 0 unspecified atom stereocenters. The van der Waals surface area contributed by atoms with Gasteiger partial charge in [0.2, 0.25) is 11.9 Å². The molecule has 1 aliphatic heterocycles. The number of nitrogens with zero attached hydrogens (tertiary/aromatic N) is 6. The van der Waals surface area contributed by atoms with Gasteiger partial charge in [-0.1, -0.05) is 0 Å². The fourth-order valence-corrected chi connectivity index (χ4v) is 3.19. The minimum atomic E-state index is 0.155. The molecule has 3 aromatic rings. The van der Waals surface area contributed by atoms with Crippen LogP contribution < -0.4 is 19.9 Å². The summed E-state index contributed by atoms with van der Waals surface area (Å²) in [6.45, 7) is 7.45. The van der Waals surface area contributed by atoms with E-state index in [2.05, 4.69) is 35.1 Å². The monoisotopic (exact) mass is 391 g/mol.